The SMILES string of the molecule is Brc1c(-c2ccccn2)nc2ccccn12. The van der Waals surface area contributed by atoms with E-state index in [1.807, 2.05) is 47.0 Å². The van der Waals surface area contributed by atoms with Gasteiger partial charge in [-0.25, -0.2) is 4.98 Å². The lowest BCUT2D eigenvalue weighted by Gasteiger charge is -1.95. The van der Waals surface area contributed by atoms with Crippen molar-refractivity contribution in [3.63, 3.8) is 0 Å². The van der Waals surface area contributed by atoms with Crippen LogP contribution in [0.1, 0.15) is 0 Å². The molecule has 0 aromatic carbocycles. The maximum Gasteiger partial charge on any atom is 0.138 e. The zero-order valence-corrected chi connectivity index (χ0v) is 9.92. The minimum absolute atomic E-state index is 0.867. The number of aromatic nitrogens is 3. The number of nitrogens with zero attached hydrogens (tertiary/aromatic N) is 3. The van der Waals surface area contributed by atoms with Crippen LogP contribution in [0.25, 0.3) is 17.0 Å². The van der Waals surface area contributed by atoms with Crippen molar-refractivity contribution in [1.29, 1.82) is 0 Å². The summed E-state index contributed by atoms with van der Waals surface area (Å²) in [6.07, 6.45) is 3.74. The van der Waals surface area contributed by atoms with Gasteiger partial charge in [-0.3, -0.25) is 9.38 Å². The molecule has 0 N–H and O–H groups in total. The first-order valence-electron chi connectivity index (χ1n) is 4.90. The Hall–Kier alpha value is -1.68. The van der Waals surface area contributed by atoms with Crippen LogP contribution in [0, 0.1) is 0 Å². The molecular weight excluding hydrogens is 266 g/mol. The van der Waals surface area contributed by atoms with E-state index in [9.17, 15) is 0 Å². The average Bonchev–Trinajstić information content (AvgIpc) is 2.69. The lowest BCUT2D eigenvalue weighted by atomic mass is 10.3. The fourth-order valence-corrected chi connectivity index (χ4v) is 2.22. The molecular formula is C12H8BrN3. The lowest BCUT2D eigenvalue weighted by Crippen LogP contribution is -1.83. The summed E-state index contributed by atoms with van der Waals surface area (Å²) >= 11 is 3.55. The first-order chi connectivity index (χ1) is 7.86. The number of rotatable bonds is 1. The van der Waals surface area contributed by atoms with Crippen LogP contribution in [-0.4, -0.2) is 14.4 Å². The standard InChI is InChI=1S/C12H8BrN3/c13-12-11(9-5-1-3-7-14-9)15-10-6-2-4-8-16(10)12/h1-8H. The first kappa shape index (κ1) is 9.54. The molecule has 0 aliphatic heterocycles. The summed E-state index contributed by atoms with van der Waals surface area (Å²) in [6.45, 7) is 0. The molecule has 0 saturated heterocycles. The van der Waals surface area contributed by atoms with Crippen LogP contribution in [0.2, 0.25) is 0 Å². The van der Waals surface area contributed by atoms with E-state index in [0.29, 0.717) is 0 Å². The molecule has 0 aliphatic carbocycles. The average molecular weight is 274 g/mol. The highest BCUT2D eigenvalue weighted by molar-refractivity contribution is 9.10. The van der Waals surface area contributed by atoms with Gasteiger partial charge >= 0.3 is 0 Å². The third kappa shape index (κ3) is 1.42. The minimum Gasteiger partial charge on any atom is -0.294 e. The Bertz CT molecular complexity index is 631. The number of imidazole rings is 1. The number of halogens is 1. The highest BCUT2D eigenvalue weighted by atomic mass is 79.9. The van der Waals surface area contributed by atoms with Gasteiger partial charge in [0.15, 0.2) is 0 Å². The summed E-state index contributed by atoms with van der Waals surface area (Å²) in [5.41, 5.74) is 2.65. The van der Waals surface area contributed by atoms with Crippen LogP contribution in [0.5, 0.6) is 0 Å². The normalized spacial score (nSPS) is 10.8. The smallest absolute Gasteiger partial charge is 0.138 e. The molecule has 0 aliphatic rings. The number of hydrogen-bond acceptors (Lipinski definition) is 2. The van der Waals surface area contributed by atoms with Crippen LogP contribution in [-0.2, 0) is 0 Å². The van der Waals surface area contributed by atoms with Gasteiger partial charge in [0.1, 0.15) is 15.9 Å². The van der Waals surface area contributed by atoms with Crippen molar-refractivity contribution < 1.29 is 0 Å². The fraction of sp³-hybridized carbons (Fsp3) is 0. The fourth-order valence-electron chi connectivity index (χ4n) is 1.63. The molecule has 3 nitrogen and oxygen atoms in total. The van der Waals surface area contributed by atoms with Gasteiger partial charge in [-0.1, -0.05) is 12.1 Å². The van der Waals surface area contributed by atoms with E-state index in [-0.39, 0.29) is 0 Å². The van der Waals surface area contributed by atoms with E-state index < -0.39 is 0 Å². The molecule has 4 heteroatoms. The number of pyridine rings is 2. The van der Waals surface area contributed by atoms with E-state index in [1.54, 1.807) is 6.20 Å². The van der Waals surface area contributed by atoms with Crippen LogP contribution in [0.3, 0.4) is 0 Å². The van der Waals surface area contributed by atoms with E-state index in [2.05, 4.69) is 25.9 Å². The summed E-state index contributed by atoms with van der Waals surface area (Å²) in [5, 5.41) is 0. The maximum absolute atomic E-state index is 4.54. The predicted octanol–water partition coefficient (Wildman–Crippen LogP) is 3.16. The van der Waals surface area contributed by atoms with Gasteiger partial charge in [-0.2, -0.15) is 0 Å². The number of fused-ring (bicyclic) bond motifs is 1. The summed E-state index contributed by atoms with van der Waals surface area (Å²) in [4.78, 5) is 8.84. The first-order valence-corrected chi connectivity index (χ1v) is 5.69. The topological polar surface area (TPSA) is 30.2 Å². The molecule has 3 aromatic rings. The molecule has 3 aromatic heterocycles. The molecule has 0 atom stereocenters. The van der Waals surface area contributed by atoms with Crippen molar-refractivity contribution in [2.75, 3.05) is 0 Å². The zero-order valence-electron chi connectivity index (χ0n) is 8.34. The largest absolute Gasteiger partial charge is 0.294 e. The summed E-state index contributed by atoms with van der Waals surface area (Å²) < 4.78 is 2.92. The molecule has 78 valence electrons. The number of hydrogen-bond donors (Lipinski definition) is 0. The molecule has 0 spiro atoms. The van der Waals surface area contributed by atoms with Crippen molar-refractivity contribution >= 4 is 21.6 Å². The van der Waals surface area contributed by atoms with Gasteiger partial charge in [0.2, 0.25) is 0 Å². The molecule has 0 unspecified atom stereocenters. The van der Waals surface area contributed by atoms with Crippen LogP contribution in [0.15, 0.2) is 53.4 Å². The van der Waals surface area contributed by atoms with E-state index in [0.717, 1.165) is 21.6 Å². The van der Waals surface area contributed by atoms with Gasteiger partial charge in [-0.05, 0) is 40.2 Å². The van der Waals surface area contributed by atoms with Gasteiger partial charge in [0.05, 0.1) is 5.69 Å². The molecule has 3 heterocycles. The monoisotopic (exact) mass is 273 g/mol. The summed E-state index contributed by atoms with van der Waals surface area (Å²) in [6, 6.07) is 11.7. The predicted molar refractivity (Wildman–Crippen MR) is 66.1 cm³/mol. The van der Waals surface area contributed by atoms with Gasteiger partial charge in [0, 0.05) is 12.4 Å². The second-order valence-electron chi connectivity index (χ2n) is 3.40. The third-order valence-corrected chi connectivity index (χ3v) is 3.14. The lowest BCUT2D eigenvalue weighted by molar-refractivity contribution is 1.15. The Balaban J connectivity index is 2.29. The molecule has 0 amide bonds. The van der Waals surface area contributed by atoms with Gasteiger partial charge in [-0.15, -0.1) is 0 Å². The maximum atomic E-state index is 4.54. The summed E-state index contributed by atoms with van der Waals surface area (Å²) in [5.74, 6) is 0. The van der Waals surface area contributed by atoms with Crippen molar-refractivity contribution in [1.82, 2.24) is 14.4 Å². The van der Waals surface area contributed by atoms with Crippen molar-refractivity contribution in [2.45, 2.75) is 0 Å². The van der Waals surface area contributed by atoms with E-state index in [1.165, 1.54) is 0 Å². The quantitative estimate of drug-likeness (QED) is 0.682. The Morgan fingerprint density at radius 2 is 1.94 bits per heavy atom. The van der Waals surface area contributed by atoms with Crippen molar-refractivity contribution in [3.05, 3.63) is 53.4 Å². The van der Waals surface area contributed by atoms with Crippen LogP contribution in [0.4, 0.5) is 0 Å². The Morgan fingerprint density at radius 1 is 1.06 bits per heavy atom. The highest BCUT2D eigenvalue weighted by Gasteiger charge is 2.11. The van der Waals surface area contributed by atoms with Gasteiger partial charge in [0.25, 0.3) is 0 Å². The van der Waals surface area contributed by atoms with Crippen LogP contribution >= 0.6 is 15.9 Å². The Morgan fingerprint density at radius 3 is 2.69 bits per heavy atom. The molecule has 0 saturated carbocycles. The van der Waals surface area contributed by atoms with Gasteiger partial charge < -0.3 is 0 Å². The van der Waals surface area contributed by atoms with Crippen molar-refractivity contribution in [2.24, 2.45) is 0 Å². The molecule has 0 fully saturated rings. The third-order valence-electron chi connectivity index (χ3n) is 2.38. The molecule has 0 radical (unpaired) electrons. The van der Waals surface area contributed by atoms with E-state index >= 15 is 0 Å². The Labute approximate surface area is 101 Å². The second kappa shape index (κ2) is 3.72. The van der Waals surface area contributed by atoms with Crippen molar-refractivity contribution in [3.8, 4) is 11.4 Å². The molecule has 0 bridgehead atoms. The second-order valence-corrected chi connectivity index (χ2v) is 4.15. The summed E-state index contributed by atoms with van der Waals surface area (Å²) in [7, 11) is 0. The zero-order chi connectivity index (χ0) is 11.0. The Kier molecular flexibility index (Phi) is 2.22. The van der Waals surface area contributed by atoms with Crippen LogP contribution < -0.4 is 0 Å². The van der Waals surface area contributed by atoms with E-state index in [4.69, 9.17) is 0 Å². The highest BCUT2D eigenvalue weighted by Crippen LogP contribution is 2.26. The molecule has 3 rings (SSSR count). The minimum atomic E-state index is 0.867. The molecule has 16 heavy (non-hydrogen) atoms.